The number of aromatic nitrogens is 2. The average Bonchev–Trinajstić information content (AvgIpc) is 3.23. The topological polar surface area (TPSA) is 68.5 Å². The van der Waals surface area contributed by atoms with Gasteiger partial charge in [0.05, 0.1) is 5.92 Å². The summed E-state index contributed by atoms with van der Waals surface area (Å²) in [4.78, 5) is 14.7. The molecule has 28 heavy (non-hydrogen) atoms. The van der Waals surface area contributed by atoms with E-state index in [0.717, 1.165) is 24.0 Å². The van der Waals surface area contributed by atoms with E-state index in [0.29, 0.717) is 19.0 Å². The summed E-state index contributed by atoms with van der Waals surface area (Å²) < 4.78 is 11.5. The summed E-state index contributed by atoms with van der Waals surface area (Å²) in [6.07, 6.45) is 1.65. The van der Waals surface area contributed by atoms with E-state index < -0.39 is 0 Å². The Hall–Kier alpha value is -3.15. The maximum atomic E-state index is 12.8. The Morgan fingerprint density at radius 3 is 2.36 bits per heavy atom. The average molecular weight is 377 g/mol. The van der Waals surface area contributed by atoms with Crippen molar-refractivity contribution in [2.45, 2.75) is 31.8 Å². The van der Waals surface area contributed by atoms with E-state index in [2.05, 4.69) is 10.2 Å². The van der Waals surface area contributed by atoms with Crippen LogP contribution >= 0.6 is 0 Å². The van der Waals surface area contributed by atoms with E-state index >= 15 is 0 Å². The fourth-order valence-electron chi connectivity index (χ4n) is 3.45. The summed E-state index contributed by atoms with van der Waals surface area (Å²) in [7, 11) is 0. The molecule has 1 saturated heterocycles. The summed E-state index contributed by atoms with van der Waals surface area (Å²) in [6.45, 7) is 3.30. The zero-order chi connectivity index (χ0) is 19.3. The minimum Gasteiger partial charge on any atom is -0.446 e. The van der Waals surface area contributed by atoms with Crippen LogP contribution in [-0.2, 0) is 4.79 Å². The van der Waals surface area contributed by atoms with Crippen LogP contribution in [-0.4, -0.2) is 40.2 Å². The number of amides is 1. The molecule has 1 aliphatic heterocycles. The van der Waals surface area contributed by atoms with Gasteiger partial charge in [-0.2, -0.15) is 0 Å². The molecule has 2 heterocycles. The smallest absolute Gasteiger partial charge is 0.415 e. The lowest BCUT2D eigenvalue weighted by Crippen LogP contribution is -2.43. The van der Waals surface area contributed by atoms with Gasteiger partial charge >= 0.3 is 6.08 Å². The zero-order valence-corrected chi connectivity index (χ0v) is 15.8. The summed E-state index contributed by atoms with van der Waals surface area (Å²) in [5.41, 5.74) is 1.91. The highest BCUT2D eigenvalue weighted by molar-refractivity contribution is 5.83. The largest absolute Gasteiger partial charge is 0.446 e. The standard InChI is InChI=1S/C22H23N3O3/c1-16(17-8-4-2-5-9-17)21(26)25-14-12-19(13-15-25)27-22-24-23-20(28-22)18-10-6-3-7-11-18/h2-11,16,19H,12-15H2,1H3/t16-/m1/s1. The summed E-state index contributed by atoms with van der Waals surface area (Å²) >= 11 is 0. The van der Waals surface area contributed by atoms with E-state index in [4.69, 9.17) is 9.15 Å². The molecule has 0 N–H and O–H groups in total. The van der Waals surface area contributed by atoms with Crippen LogP contribution in [0.1, 0.15) is 31.2 Å². The predicted molar refractivity (Wildman–Crippen MR) is 105 cm³/mol. The van der Waals surface area contributed by atoms with Crippen molar-refractivity contribution in [3.8, 4) is 17.5 Å². The van der Waals surface area contributed by atoms with Gasteiger partial charge in [-0.15, -0.1) is 5.10 Å². The summed E-state index contributed by atoms with van der Waals surface area (Å²) in [5, 5.41) is 8.03. The number of ether oxygens (including phenoxy) is 1. The van der Waals surface area contributed by atoms with Gasteiger partial charge in [-0.25, -0.2) is 0 Å². The molecule has 4 rings (SSSR count). The number of piperidine rings is 1. The first-order valence-corrected chi connectivity index (χ1v) is 9.60. The molecule has 0 saturated carbocycles. The van der Waals surface area contributed by atoms with Crippen LogP contribution in [0, 0.1) is 0 Å². The van der Waals surface area contributed by atoms with Gasteiger partial charge in [0, 0.05) is 31.5 Å². The fraction of sp³-hybridized carbons (Fsp3) is 0.318. The molecule has 1 aliphatic rings. The molecule has 2 aromatic carbocycles. The predicted octanol–water partition coefficient (Wildman–Crippen LogP) is 3.91. The van der Waals surface area contributed by atoms with Crippen molar-refractivity contribution in [2.75, 3.05) is 13.1 Å². The van der Waals surface area contributed by atoms with E-state index in [-0.39, 0.29) is 24.0 Å². The van der Waals surface area contributed by atoms with Crippen molar-refractivity contribution in [3.63, 3.8) is 0 Å². The first kappa shape index (κ1) is 18.2. The molecule has 6 heteroatoms. The number of carbonyl (C=O) groups is 1. The molecule has 1 fully saturated rings. The number of carbonyl (C=O) groups excluding carboxylic acids is 1. The summed E-state index contributed by atoms with van der Waals surface area (Å²) in [6, 6.07) is 19.5. The van der Waals surface area contributed by atoms with Crippen LogP contribution in [0.3, 0.4) is 0 Å². The molecule has 6 nitrogen and oxygen atoms in total. The van der Waals surface area contributed by atoms with Crippen molar-refractivity contribution >= 4 is 5.91 Å². The molecule has 0 radical (unpaired) electrons. The molecule has 3 aromatic rings. The van der Waals surface area contributed by atoms with Gasteiger partial charge in [-0.1, -0.05) is 53.6 Å². The highest BCUT2D eigenvalue weighted by Crippen LogP contribution is 2.25. The third kappa shape index (κ3) is 4.06. The van der Waals surface area contributed by atoms with Crippen LogP contribution < -0.4 is 4.74 Å². The number of rotatable bonds is 5. The zero-order valence-electron chi connectivity index (χ0n) is 15.8. The second-order valence-electron chi connectivity index (χ2n) is 7.01. The summed E-state index contributed by atoms with van der Waals surface area (Å²) in [5.74, 6) is 0.469. The molecular formula is C22H23N3O3. The second kappa shape index (κ2) is 8.25. The highest BCUT2D eigenvalue weighted by atomic mass is 16.6. The molecule has 144 valence electrons. The molecule has 1 atom stereocenters. The van der Waals surface area contributed by atoms with E-state index in [1.807, 2.05) is 72.5 Å². The van der Waals surface area contributed by atoms with Crippen LogP contribution in [0.2, 0.25) is 0 Å². The molecule has 1 amide bonds. The number of benzene rings is 2. The van der Waals surface area contributed by atoms with E-state index in [1.165, 1.54) is 0 Å². The van der Waals surface area contributed by atoms with Crippen LogP contribution in [0.15, 0.2) is 65.1 Å². The Balaban J connectivity index is 1.31. The van der Waals surface area contributed by atoms with E-state index in [9.17, 15) is 4.79 Å². The molecule has 0 spiro atoms. The first-order chi connectivity index (χ1) is 13.7. The van der Waals surface area contributed by atoms with Crippen LogP contribution in [0.25, 0.3) is 11.5 Å². The van der Waals surface area contributed by atoms with Gasteiger partial charge in [0.1, 0.15) is 6.10 Å². The number of nitrogens with zero attached hydrogens (tertiary/aromatic N) is 3. The lowest BCUT2D eigenvalue weighted by atomic mass is 9.98. The van der Waals surface area contributed by atoms with Crippen LogP contribution in [0.5, 0.6) is 6.08 Å². The lowest BCUT2D eigenvalue weighted by molar-refractivity contribution is -0.134. The van der Waals surface area contributed by atoms with Gasteiger partial charge in [0.2, 0.25) is 5.91 Å². The minimum atomic E-state index is -0.136. The third-order valence-corrected chi connectivity index (χ3v) is 5.12. The fourth-order valence-corrected chi connectivity index (χ4v) is 3.45. The quantitative estimate of drug-likeness (QED) is 0.674. The van der Waals surface area contributed by atoms with Crippen molar-refractivity contribution in [1.29, 1.82) is 0 Å². The van der Waals surface area contributed by atoms with Gasteiger partial charge in [0.25, 0.3) is 5.89 Å². The minimum absolute atomic E-state index is 0.0276. The van der Waals surface area contributed by atoms with Gasteiger partial charge in [-0.05, 0) is 24.6 Å². The van der Waals surface area contributed by atoms with Crippen molar-refractivity contribution in [3.05, 3.63) is 66.2 Å². The Morgan fingerprint density at radius 1 is 1.04 bits per heavy atom. The third-order valence-electron chi connectivity index (χ3n) is 5.12. The number of likely N-dealkylation sites (tertiary alicyclic amines) is 1. The highest BCUT2D eigenvalue weighted by Gasteiger charge is 2.28. The molecule has 0 bridgehead atoms. The Bertz CT molecular complexity index is 903. The van der Waals surface area contributed by atoms with Crippen molar-refractivity contribution in [1.82, 2.24) is 15.1 Å². The van der Waals surface area contributed by atoms with Gasteiger partial charge in [-0.3, -0.25) is 4.79 Å². The maximum absolute atomic E-state index is 12.8. The van der Waals surface area contributed by atoms with Gasteiger partial charge in [0.15, 0.2) is 0 Å². The number of hydrogen-bond donors (Lipinski definition) is 0. The Labute approximate surface area is 164 Å². The van der Waals surface area contributed by atoms with E-state index in [1.54, 1.807) is 0 Å². The molecule has 0 aliphatic carbocycles. The van der Waals surface area contributed by atoms with Crippen molar-refractivity contribution < 1.29 is 13.9 Å². The Kier molecular flexibility index (Phi) is 5.37. The lowest BCUT2D eigenvalue weighted by Gasteiger charge is -2.33. The molecule has 1 aromatic heterocycles. The SMILES string of the molecule is C[C@@H](C(=O)N1CCC(Oc2nnc(-c3ccccc3)o2)CC1)c1ccccc1. The molecular weight excluding hydrogens is 354 g/mol. The normalized spacial score (nSPS) is 16.0. The first-order valence-electron chi connectivity index (χ1n) is 9.60. The van der Waals surface area contributed by atoms with Gasteiger partial charge < -0.3 is 14.1 Å². The van der Waals surface area contributed by atoms with Crippen molar-refractivity contribution in [2.24, 2.45) is 0 Å². The maximum Gasteiger partial charge on any atom is 0.415 e. The Morgan fingerprint density at radius 2 is 1.68 bits per heavy atom. The monoisotopic (exact) mass is 377 g/mol. The number of hydrogen-bond acceptors (Lipinski definition) is 5. The second-order valence-corrected chi connectivity index (χ2v) is 7.01. The molecule has 0 unspecified atom stereocenters. The van der Waals surface area contributed by atoms with Crippen LogP contribution in [0.4, 0.5) is 0 Å².